The minimum atomic E-state index is -0.290. The van der Waals surface area contributed by atoms with Crippen LogP contribution in [0.3, 0.4) is 0 Å². The summed E-state index contributed by atoms with van der Waals surface area (Å²) in [4.78, 5) is 20.3. The first kappa shape index (κ1) is 17.7. The molecule has 0 aliphatic carbocycles. The van der Waals surface area contributed by atoms with E-state index in [0.717, 1.165) is 11.4 Å². The normalized spacial score (nSPS) is 10.8. The minimum absolute atomic E-state index is 0.0315. The Morgan fingerprint density at radius 3 is 2.75 bits per heavy atom. The quantitative estimate of drug-likeness (QED) is 0.360. The van der Waals surface area contributed by atoms with Crippen LogP contribution in [0.1, 0.15) is 17.0 Å². The molecule has 0 spiro atoms. The van der Waals surface area contributed by atoms with Gasteiger partial charge in [0.25, 0.3) is 5.91 Å². The van der Waals surface area contributed by atoms with Crippen molar-refractivity contribution in [1.29, 1.82) is 0 Å². The SMILES string of the molecule is COc1cccc(/C=N\NC(=O)CSc2nc(C)cc(C)n2)c1O. The number of thioether (sulfide) groups is 1. The number of amides is 1. The topological polar surface area (TPSA) is 96.7 Å². The van der Waals surface area contributed by atoms with Crippen molar-refractivity contribution >= 4 is 23.9 Å². The van der Waals surface area contributed by atoms with Gasteiger partial charge in [0.05, 0.1) is 19.1 Å². The number of phenols is 1. The zero-order valence-electron chi connectivity index (χ0n) is 13.6. The standard InChI is InChI=1S/C16H18N4O3S/c1-10-7-11(2)19-16(18-10)24-9-14(21)20-17-8-12-5-4-6-13(23-3)15(12)22/h4-8,22H,9H2,1-3H3,(H,20,21)/b17-8-. The van der Waals surface area contributed by atoms with Crippen LogP contribution in [0.15, 0.2) is 34.5 Å². The van der Waals surface area contributed by atoms with Crippen LogP contribution in [-0.2, 0) is 4.79 Å². The Kier molecular flexibility index (Phi) is 6.14. The Morgan fingerprint density at radius 1 is 1.38 bits per heavy atom. The summed E-state index contributed by atoms with van der Waals surface area (Å²) in [5.41, 5.74) is 4.56. The fourth-order valence-corrected chi connectivity index (χ4v) is 2.64. The number of aromatic hydroxyl groups is 1. The molecule has 0 radical (unpaired) electrons. The van der Waals surface area contributed by atoms with E-state index in [4.69, 9.17) is 4.74 Å². The molecule has 2 rings (SSSR count). The number of hydrogen-bond acceptors (Lipinski definition) is 7. The van der Waals surface area contributed by atoms with Gasteiger partial charge in [-0.15, -0.1) is 0 Å². The van der Waals surface area contributed by atoms with E-state index in [1.165, 1.54) is 25.1 Å². The van der Waals surface area contributed by atoms with Crippen molar-refractivity contribution in [2.24, 2.45) is 5.10 Å². The van der Waals surface area contributed by atoms with Crippen LogP contribution < -0.4 is 10.2 Å². The van der Waals surface area contributed by atoms with Crippen molar-refractivity contribution < 1.29 is 14.6 Å². The number of para-hydroxylation sites is 1. The summed E-state index contributed by atoms with van der Waals surface area (Å²) < 4.78 is 5.00. The molecule has 1 amide bonds. The summed E-state index contributed by atoms with van der Waals surface area (Å²) in [7, 11) is 1.46. The van der Waals surface area contributed by atoms with E-state index in [0.29, 0.717) is 16.5 Å². The van der Waals surface area contributed by atoms with E-state index < -0.39 is 0 Å². The number of ether oxygens (including phenoxy) is 1. The molecule has 0 fully saturated rings. The zero-order chi connectivity index (χ0) is 17.5. The Morgan fingerprint density at radius 2 is 2.08 bits per heavy atom. The molecule has 2 aromatic rings. The molecule has 0 saturated carbocycles. The number of carbonyl (C=O) groups is 1. The third-order valence-electron chi connectivity index (χ3n) is 2.94. The number of carbonyl (C=O) groups excluding carboxylic acids is 1. The molecular formula is C16H18N4O3S. The lowest BCUT2D eigenvalue weighted by Crippen LogP contribution is -2.19. The Labute approximate surface area is 144 Å². The first-order valence-corrected chi connectivity index (χ1v) is 8.11. The van der Waals surface area contributed by atoms with Gasteiger partial charge in [-0.3, -0.25) is 4.79 Å². The van der Waals surface area contributed by atoms with Gasteiger partial charge >= 0.3 is 0 Å². The zero-order valence-corrected chi connectivity index (χ0v) is 14.4. The second-order valence-electron chi connectivity index (χ2n) is 4.91. The van der Waals surface area contributed by atoms with Crippen molar-refractivity contribution in [2.75, 3.05) is 12.9 Å². The van der Waals surface area contributed by atoms with E-state index in [2.05, 4.69) is 20.5 Å². The van der Waals surface area contributed by atoms with E-state index in [1.807, 2.05) is 19.9 Å². The van der Waals surface area contributed by atoms with Crippen LogP contribution in [0.2, 0.25) is 0 Å². The van der Waals surface area contributed by atoms with Gasteiger partial charge < -0.3 is 9.84 Å². The number of nitrogens with one attached hydrogen (secondary N) is 1. The highest BCUT2D eigenvalue weighted by Crippen LogP contribution is 2.27. The van der Waals surface area contributed by atoms with Gasteiger partial charge in [-0.05, 0) is 32.0 Å². The van der Waals surface area contributed by atoms with Gasteiger partial charge in [0, 0.05) is 17.0 Å². The molecule has 1 heterocycles. The van der Waals surface area contributed by atoms with Crippen LogP contribution >= 0.6 is 11.8 Å². The van der Waals surface area contributed by atoms with Crippen molar-refractivity contribution in [3.8, 4) is 11.5 Å². The molecule has 0 saturated heterocycles. The largest absolute Gasteiger partial charge is 0.504 e. The summed E-state index contributed by atoms with van der Waals surface area (Å²) in [6.07, 6.45) is 1.35. The average Bonchev–Trinajstić information content (AvgIpc) is 2.54. The minimum Gasteiger partial charge on any atom is -0.504 e. The number of hydrogen-bond donors (Lipinski definition) is 2. The summed E-state index contributed by atoms with van der Waals surface area (Å²) in [5.74, 6) is 0.162. The molecule has 24 heavy (non-hydrogen) atoms. The van der Waals surface area contributed by atoms with Gasteiger partial charge in [0.1, 0.15) is 0 Å². The number of methoxy groups -OCH3 is 1. The molecule has 0 bridgehead atoms. The molecular weight excluding hydrogens is 328 g/mol. The number of aryl methyl sites for hydroxylation is 2. The lowest BCUT2D eigenvalue weighted by molar-refractivity contribution is -0.118. The van der Waals surface area contributed by atoms with Crippen molar-refractivity contribution in [3.63, 3.8) is 0 Å². The fraction of sp³-hybridized carbons (Fsp3) is 0.250. The Bertz CT molecular complexity index is 745. The summed E-state index contributed by atoms with van der Waals surface area (Å²) in [6.45, 7) is 3.76. The number of aromatic nitrogens is 2. The Balaban J connectivity index is 1.89. The second-order valence-corrected chi connectivity index (χ2v) is 5.86. The number of hydrazone groups is 1. The van der Waals surface area contributed by atoms with Gasteiger partial charge in [-0.1, -0.05) is 17.8 Å². The average molecular weight is 346 g/mol. The predicted molar refractivity (Wildman–Crippen MR) is 92.6 cm³/mol. The molecule has 1 aromatic carbocycles. The van der Waals surface area contributed by atoms with Crippen LogP contribution in [0.25, 0.3) is 0 Å². The predicted octanol–water partition coefficient (Wildman–Crippen LogP) is 2.05. The van der Waals surface area contributed by atoms with Crippen molar-refractivity contribution in [3.05, 3.63) is 41.2 Å². The summed E-state index contributed by atoms with van der Waals surface area (Å²) >= 11 is 1.23. The molecule has 1 aromatic heterocycles. The van der Waals surface area contributed by atoms with Crippen LogP contribution in [-0.4, -0.2) is 40.1 Å². The van der Waals surface area contributed by atoms with Crippen molar-refractivity contribution in [1.82, 2.24) is 15.4 Å². The van der Waals surface area contributed by atoms with Crippen LogP contribution in [0.5, 0.6) is 11.5 Å². The molecule has 0 atom stereocenters. The van der Waals surface area contributed by atoms with E-state index in [-0.39, 0.29) is 17.4 Å². The highest BCUT2D eigenvalue weighted by atomic mass is 32.2. The lowest BCUT2D eigenvalue weighted by Gasteiger charge is -2.05. The van der Waals surface area contributed by atoms with Gasteiger partial charge in [-0.25, -0.2) is 15.4 Å². The maximum atomic E-state index is 11.8. The third-order valence-corrected chi connectivity index (χ3v) is 3.78. The fourth-order valence-electron chi connectivity index (χ4n) is 1.90. The molecule has 126 valence electrons. The summed E-state index contributed by atoms with van der Waals surface area (Å²) in [6, 6.07) is 6.88. The smallest absolute Gasteiger partial charge is 0.250 e. The molecule has 0 aliphatic rings. The maximum Gasteiger partial charge on any atom is 0.250 e. The third kappa shape index (κ3) is 4.95. The molecule has 0 unspecified atom stereocenters. The molecule has 0 aliphatic heterocycles. The molecule has 7 nitrogen and oxygen atoms in total. The van der Waals surface area contributed by atoms with Crippen LogP contribution in [0, 0.1) is 13.8 Å². The highest BCUT2D eigenvalue weighted by molar-refractivity contribution is 7.99. The van der Waals surface area contributed by atoms with Gasteiger partial charge in [-0.2, -0.15) is 5.10 Å². The molecule has 2 N–H and O–H groups in total. The van der Waals surface area contributed by atoms with Crippen LogP contribution in [0.4, 0.5) is 0 Å². The number of rotatable bonds is 6. The molecule has 8 heteroatoms. The highest BCUT2D eigenvalue weighted by Gasteiger charge is 2.07. The number of benzene rings is 1. The second kappa shape index (κ2) is 8.30. The lowest BCUT2D eigenvalue weighted by atomic mass is 10.2. The monoisotopic (exact) mass is 346 g/mol. The van der Waals surface area contributed by atoms with E-state index in [9.17, 15) is 9.90 Å². The van der Waals surface area contributed by atoms with E-state index >= 15 is 0 Å². The first-order valence-electron chi connectivity index (χ1n) is 7.12. The summed E-state index contributed by atoms with van der Waals surface area (Å²) in [5, 5.41) is 14.3. The maximum absolute atomic E-state index is 11.8. The van der Waals surface area contributed by atoms with Gasteiger partial charge in [0.15, 0.2) is 16.7 Å². The first-order chi connectivity index (χ1) is 11.5. The number of nitrogens with zero attached hydrogens (tertiary/aromatic N) is 3. The van der Waals surface area contributed by atoms with Crippen molar-refractivity contribution in [2.45, 2.75) is 19.0 Å². The van der Waals surface area contributed by atoms with E-state index in [1.54, 1.807) is 18.2 Å². The van der Waals surface area contributed by atoms with Gasteiger partial charge in [0.2, 0.25) is 0 Å². The Hall–Kier alpha value is -2.61. The number of phenolic OH excluding ortho intramolecular Hbond substituents is 1.